The van der Waals surface area contributed by atoms with Crippen LogP contribution in [0.25, 0.3) is 0 Å². The van der Waals surface area contributed by atoms with E-state index in [4.69, 9.17) is 5.26 Å². The normalized spacial score (nSPS) is 17.5. The molecule has 0 aromatic carbocycles. The summed E-state index contributed by atoms with van der Waals surface area (Å²) in [5.41, 5.74) is 0.483. The minimum atomic E-state index is 0.483. The van der Waals surface area contributed by atoms with Crippen molar-refractivity contribution in [3.05, 3.63) is 5.69 Å². The Labute approximate surface area is 87.3 Å². The Balaban J connectivity index is 2.16. The quantitative estimate of drug-likeness (QED) is 0.706. The van der Waals surface area contributed by atoms with E-state index in [1.807, 2.05) is 0 Å². The minimum absolute atomic E-state index is 0.483. The summed E-state index contributed by atoms with van der Waals surface area (Å²) >= 11 is 1.33. The third kappa shape index (κ3) is 1.85. The van der Waals surface area contributed by atoms with Crippen molar-refractivity contribution in [2.45, 2.75) is 25.7 Å². The first-order valence-corrected chi connectivity index (χ1v) is 5.66. The highest BCUT2D eigenvalue weighted by Crippen LogP contribution is 2.25. The van der Waals surface area contributed by atoms with E-state index in [0.29, 0.717) is 5.69 Å². The second-order valence-electron chi connectivity index (χ2n) is 3.44. The fourth-order valence-electron chi connectivity index (χ4n) is 1.74. The second kappa shape index (κ2) is 4.38. The van der Waals surface area contributed by atoms with Gasteiger partial charge in [-0.3, -0.25) is 0 Å². The Bertz CT molecular complexity index is 333. The van der Waals surface area contributed by atoms with E-state index in [1.54, 1.807) is 0 Å². The van der Waals surface area contributed by atoms with Gasteiger partial charge in [0.25, 0.3) is 0 Å². The molecule has 0 bridgehead atoms. The molecule has 4 nitrogen and oxygen atoms in total. The molecule has 2 heterocycles. The standard InChI is InChI=1S/C9H12N4S/c10-7-8-9(14-12-11-8)13-5-3-1-2-4-6-13/h1-6H2. The molecular formula is C9H12N4S. The maximum Gasteiger partial charge on any atom is 0.199 e. The smallest absolute Gasteiger partial charge is 0.199 e. The number of rotatable bonds is 1. The molecule has 0 N–H and O–H groups in total. The Kier molecular flexibility index (Phi) is 2.94. The lowest BCUT2D eigenvalue weighted by atomic mass is 10.2. The molecule has 5 heteroatoms. The van der Waals surface area contributed by atoms with Gasteiger partial charge in [-0.25, -0.2) is 0 Å². The molecule has 0 radical (unpaired) electrons. The second-order valence-corrected chi connectivity index (χ2v) is 4.17. The van der Waals surface area contributed by atoms with Crippen LogP contribution in [-0.4, -0.2) is 22.7 Å². The van der Waals surface area contributed by atoms with Crippen LogP contribution in [0.3, 0.4) is 0 Å². The van der Waals surface area contributed by atoms with E-state index in [9.17, 15) is 0 Å². The van der Waals surface area contributed by atoms with Gasteiger partial charge < -0.3 is 4.90 Å². The van der Waals surface area contributed by atoms with Gasteiger partial charge in [0.05, 0.1) is 0 Å². The predicted octanol–water partition coefficient (Wildman–Crippen LogP) is 1.79. The Morgan fingerprint density at radius 3 is 2.57 bits per heavy atom. The molecule has 1 aliphatic heterocycles. The zero-order valence-corrected chi connectivity index (χ0v) is 8.76. The zero-order chi connectivity index (χ0) is 9.80. The molecule has 2 rings (SSSR count). The van der Waals surface area contributed by atoms with Gasteiger partial charge >= 0.3 is 0 Å². The topological polar surface area (TPSA) is 52.8 Å². The van der Waals surface area contributed by atoms with Crippen LogP contribution in [-0.2, 0) is 0 Å². The first-order chi connectivity index (χ1) is 6.92. The lowest BCUT2D eigenvalue weighted by molar-refractivity contribution is 0.726. The van der Waals surface area contributed by atoms with Gasteiger partial charge in [0.1, 0.15) is 6.07 Å². The lowest BCUT2D eigenvalue weighted by Crippen LogP contribution is -2.23. The van der Waals surface area contributed by atoms with Crippen molar-refractivity contribution in [2.75, 3.05) is 18.0 Å². The van der Waals surface area contributed by atoms with Crippen molar-refractivity contribution >= 4 is 16.5 Å². The Morgan fingerprint density at radius 2 is 1.93 bits per heavy atom. The Morgan fingerprint density at radius 1 is 1.21 bits per heavy atom. The third-order valence-electron chi connectivity index (χ3n) is 2.47. The van der Waals surface area contributed by atoms with Gasteiger partial charge in [0.15, 0.2) is 10.7 Å². The largest absolute Gasteiger partial charge is 0.360 e. The molecule has 1 saturated heterocycles. The summed E-state index contributed by atoms with van der Waals surface area (Å²) in [7, 11) is 0. The SMILES string of the molecule is N#Cc1nnsc1N1CCCCCC1. The number of nitrogens with zero attached hydrogens (tertiary/aromatic N) is 4. The van der Waals surface area contributed by atoms with Crippen LogP contribution in [0, 0.1) is 11.3 Å². The van der Waals surface area contributed by atoms with Crippen molar-refractivity contribution in [3.63, 3.8) is 0 Å². The van der Waals surface area contributed by atoms with E-state index in [1.165, 1.54) is 37.2 Å². The van der Waals surface area contributed by atoms with Gasteiger partial charge in [-0.1, -0.05) is 17.3 Å². The molecule has 0 atom stereocenters. The first kappa shape index (κ1) is 9.41. The summed E-state index contributed by atoms with van der Waals surface area (Å²) in [5.74, 6) is 0. The third-order valence-corrected chi connectivity index (χ3v) is 3.26. The average Bonchev–Trinajstić information content (AvgIpc) is 2.52. The van der Waals surface area contributed by atoms with E-state index < -0.39 is 0 Å². The molecule has 0 unspecified atom stereocenters. The Hall–Kier alpha value is -1.15. The highest BCUT2D eigenvalue weighted by Gasteiger charge is 2.16. The van der Waals surface area contributed by atoms with Crippen LogP contribution in [0.4, 0.5) is 5.00 Å². The molecule has 1 aliphatic rings. The molecule has 74 valence electrons. The molecule has 0 aliphatic carbocycles. The van der Waals surface area contributed by atoms with E-state index in [-0.39, 0.29) is 0 Å². The molecule has 1 aromatic heterocycles. The monoisotopic (exact) mass is 208 g/mol. The fraction of sp³-hybridized carbons (Fsp3) is 0.667. The number of aromatic nitrogens is 2. The van der Waals surface area contributed by atoms with Crippen molar-refractivity contribution in [2.24, 2.45) is 0 Å². The van der Waals surface area contributed by atoms with Gasteiger partial charge in [-0.05, 0) is 12.8 Å². The number of nitriles is 1. The van der Waals surface area contributed by atoms with Gasteiger partial charge in [-0.2, -0.15) is 5.26 Å². The number of hydrogen-bond acceptors (Lipinski definition) is 5. The number of hydrogen-bond donors (Lipinski definition) is 0. The fourth-order valence-corrected chi connectivity index (χ4v) is 2.41. The molecule has 1 fully saturated rings. The van der Waals surface area contributed by atoms with E-state index >= 15 is 0 Å². The average molecular weight is 208 g/mol. The van der Waals surface area contributed by atoms with Crippen LogP contribution in [0.1, 0.15) is 31.4 Å². The summed E-state index contributed by atoms with van der Waals surface area (Å²) in [4.78, 5) is 2.25. The predicted molar refractivity (Wildman–Crippen MR) is 55.3 cm³/mol. The van der Waals surface area contributed by atoms with Crippen molar-refractivity contribution in [3.8, 4) is 6.07 Å². The minimum Gasteiger partial charge on any atom is -0.360 e. The maximum atomic E-state index is 8.84. The maximum absolute atomic E-state index is 8.84. The van der Waals surface area contributed by atoms with Crippen molar-refractivity contribution in [1.29, 1.82) is 5.26 Å². The van der Waals surface area contributed by atoms with Crippen LogP contribution >= 0.6 is 11.5 Å². The van der Waals surface area contributed by atoms with Crippen molar-refractivity contribution < 1.29 is 0 Å². The van der Waals surface area contributed by atoms with Gasteiger partial charge in [0.2, 0.25) is 0 Å². The molecule has 14 heavy (non-hydrogen) atoms. The molecule has 0 spiro atoms. The zero-order valence-electron chi connectivity index (χ0n) is 7.94. The highest BCUT2D eigenvalue weighted by atomic mass is 32.1. The van der Waals surface area contributed by atoms with E-state index in [0.717, 1.165) is 18.1 Å². The molecular weight excluding hydrogens is 196 g/mol. The van der Waals surface area contributed by atoms with Gasteiger partial charge in [0, 0.05) is 24.6 Å². The molecule has 1 aromatic rings. The summed E-state index contributed by atoms with van der Waals surface area (Å²) in [6, 6.07) is 2.09. The van der Waals surface area contributed by atoms with Crippen LogP contribution in [0.15, 0.2) is 0 Å². The summed E-state index contributed by atoms with van der Waals surface area (Å²) in [6.45, 7) is 2.08. The van der Waals surface area contributed by atoms with Crippen LogP contribution in [0.5, 0.6) is 0 Å². The molecule has 0 saturated carbocycles. The van der Waals surface area contributed by atoms with Gasteiger partial charge in [-0.15, -0.1) is 5.10 Å². The number of anilines is 1. The first-order valence-electron chi connectivity index (χ1n) is 4.89. The lowest BCUT2D eigenvalue weighted by Gasteiger charge is -2.19. The summed E-state index contributed by atoms with van der Waals surface area (Å²) in [6.07, 6.45) is 5.01. The summed E-state index contributed by atoms with van der Waals surface area (Å²) < 4.78 is 3.83. The van der Waals surface area contributed by atoms with E-state index in [2.05, 4.69) is 20.6 Å². The molecule has 0 amide bonds. The van der Waals surface area contributed by atoms with Crippen LogP contribution in [0.2, 0.25) is 0 Å². The summed E-state index contributed by atoms with van der Waals surface area (Å²) in [5, 5.41) is 13.6. The van der Waals surface area contributed by atoms with Crippen LogP contribution < -0.4 is 4.90 Å². The van der Waals surface area contributed by atoms with Crippen molar-refractivity contribution in [1.82, 2.24) is 9.59 Å². The highest BCUT2D eigenvalue weighted by molar-refractivity contribution is 7.10.